The number of anilines is 1. The van der Waals surface area contributed by atoms with Gasteiger partial charge in [-0.15, -0.1) is 0 Å². The average Bonchev–Trinajstić information content (AvgIpc) is 2.36. The number of carbonyl (C=O) groups is 2. The van der Waals surface area contributed by atoms with Crippen LogP contribution in [0.3, 0.4) is 0 Å². The third-order valence-corrected chi connectivity index (χ3v) is 2.44. The minimum absolute atomic E-state index is 0.0279. The molecule has 0 aliphatic rings. The normalized spacial score (nSPS) is 10.2. The van der Waals surface area contributed by atoms with Gasteiger partial charge in [0.1, 0.15) is 11.3 Å². The Hall–Kier alpha value is -2.24. The second kappa shape index (κ2) is 7.37. The molecule has 0 aromatic heterocycles. The summed E-state index contributed by atoms with van der Waals surface area (Å²) in [6, 6.07) is 5.03. The molecular formula is C14H21N3O3. The molecule has 0 radical (unpaired) electrons. The Kier molecular flexibility index (Phi) is 5.83. The largest absolute Gasteiger partial charge is 0.493 e. The van der Waals surface area contributed by atoms with Crippen LogP contribution in [0.4, 0.5) is 5.69 Å². The minimum Gasteiger partial charge on any atom is -0.493 e. The SMILES string of the molecule is CCOc1cccc(N)c1C(=O)NCC(=O)NC(C)C. The van der Waals surface area contributed by atoms with E-state index in [1.54, 1.807) is 18.2 Å². The molecule has 0 saturated carbocycles. The first-order valence-electron chi connectivity index (χ1n) is 6.54. The Morgan fingerprint density at radius 3 is 2.65 bits per heavy atom. The van der Waals surface area contributed by atoms with Crippen LogP contribution < -0.4 is 21.1 Å². The van der Waals surface area contributed by atoms with Crippen molar-refractivity contribution >= 4 is 17.5 Å². The van der Waals surface area contributed by atoms with Gasteiger partial charge in [0.15, 0.2) is 0 Å². The average molecular weight is 279 g/mol. The number of ether oxygens (including phenoxy) is 1. The Labute approximate surface area is 118 Å². The highest BCUT2D eigenvalue weighted by Crippen LogP contribution is 2.24. The molecule has 0 bridgehead atoms. The number of hydrogen-bond donors (Lipinski definition) is 3. The van der Waals surface area contributed by atoms with Gasteiger partial charge in [-0.25, -0.2) is 0 Å². The number of hydrogen-bond acceptors (Lipinski definition) is 4. The molecule has 6 nitrogen and oxygen atoms in total. The number of carbonyl (C=O) groups excluding carboxylic acids is 2. The molecule has 20 heavy (non-hydrogen) atoms. The molecule has 6 heteroatoms. The van der Waals surface area contributed by atoms with E-state index in [1.807, 2.05) is 20.8 Å². The van der Waals surface area contributed by atoms with E-state index >= 15 is 0 Å². The topological polar surface area (TPSA) is 93.4 Å². The molecular weight excluding hydrogens is 258 g/mol. The van der Waals surface area contributed by atoms with Gasteiger partial charge >= 0.3 is 0 Å². The number of nitrogens with two attached hydrogens (primary N) is 1. The van der Waals surface area contributed by atoms with Gasteiger partial charge in [0.05, 0.1) is 13.2 Å². The highest BCUT2D eigenvalue weighted by atomic mass is 16.5. The highest BCUT2D eigenvalue weighted by Gasteiger charge is 2.16. The summed E-state index contributed by atoms with van der Waals surface area (Å²) >= 11 is 0. The second-order valence-corrected chi connectivity index (χ2v) is 4.56. The molecule has 0 atom stereocenters. The Bertz CT molecular complexity index is 487. The molecule has 0 unspecified atom stereocenters. The van der Waals surface area contributed by atoms with E-state index in [4.69, 9.17) is 10.5 Å². The molecule has 1 aromatic rings. The number of rotatable bonds is 6. The van der Waals surface area contributed by atoms with Crippen molar-refractivity contribution in [3.63, 3.8) is 0 Å². The van der Waals surface area contributed by atoms with Crippen LogP contribution in [0, 0.1) is 0 Å². The van der Waals surface area contributed by atoms with E-state index < -0.39 is 5.91 Å². The van der Waals surface area contributed by atoms with Crippen LogP contribution in [0.15, 0.2) is 18.2 Å². The maximum Gasteiger partial charge on any atom is 0.257 e. The summed E-state index contributed by atoms with van der Waals surface area (Å²) in [5.41, 5.74) is 6.37. The van der Waals surface area contributed by atoms with Crippen LogP contribution in [0.5, 0.6) is 5.75 Å². The smallest absolute Gasteiger partial charge is 0.257 e. The van der Waals surface area contributed by atoms with E-state index in [-0.39, 0.29) is 24.1 Å². The quantitative estimate of drug-likeness (QED) is 0.675. The predicted octanol–water partition coefficient (Wildman–Crippen LogP) is 0.922. The van der Waals surface area contributed by atoms with Crippen LogP contribution in [-0.4, -0.2) is 31.0 Å². The third-order valence-electron chi connectivity index (χ3n) is 2.44. The molecule has 0 spiro atoms. The van der Waals surface area contributed by atoms with Crippen molar-refractivity contribution in [2.45, 2.75) is 26.8 Å². The molecule has 4 N–H and O–H groups in total. The van der Waals surface area contributed by atoms with Gasteiger partial charge in [0.2, 0.25) is 5.91 Å². The van der Waals surface area contributed by atoms with Gasteiger partial charge in [0, 0.05) is 11.7 Å². The zero-order valence-electron chi connectivity index (χ0n) is 12.0. The summed E-state index contributed by atoms with van der Waals surface area (Å²) in [6.07, 6.45) is 0. The van der Waals surface area contributed by atoms with E-state index in [0.29, 0.717) is 18.0 Å². The molecule has 0 aliphatic carbocycles. The molecule has 0 fully saturated rings. The van der Waals surface area contributed by atoms with Crippen LogP contribution in [0.2, 0.25) is 0 Å². The van der Waals surface area contributed by atoms with Crippen molar-refractivity contribution in [2.24, 2.45) is 0 Å². The zero-order valence-corrected chi connectivity index (χ0v) is 12.0. The van der Waals surface area contributed by atoms with Crippen LogP contribution >= 0.6 is 0 Å². The van der Waals surface area contributed by atoms with Crippen LogP contribution in [0.25, 0.3) is 0 Å². The lowest BCUT2D eigenvalue weighted by Crippen LogP contribution is -2.40. The van der Waals surface area contributed by atoms with Gasteiger partial charge in [0.25, 0.3) is 5.91 Å². The van der Waals surface area contributed by atoms with Crippen LogP contribution in [-0.2, 0) is 4.79 Å². The van der Waals surface area contributed by atoms with Crippen molar-refractivity contribution in [3.8, 4) is 5.75 Å². The fourth-order valence-corrected chi connectivity index (χ4v) is 1.69. The third kappa shape index (κ3) is 4.46. The van der Waals surface area contributed by atoms with Gasteiger partial charge in [-0.1, -0.05) is 6.07 Å². The summed E-state index contributed by atoms with van der Waals surface area (Å²) in [4.78, 5) is 23.6. The number of amides is 2. The summed E-state index contributed by atoms with van der Waals surface area (Å²) in [6.45, 7) is 5.85. The van der Waals surface area contributed by atoms with Gasteiger partial charge in [-0.05, 0) is 32.9 Å². The predicted molar refractivity (Wildman–Crippen MR) is 77.6 cm³/mol. The van der Waals surface area contributed by atoms with E-state index in [9.17, 15) is 9.59 Å². The lowest BCUT2D eigenvalue weighted by molar-refractivity contribution is -0.120. The van der Waals surface area contributed by atoms with Crippen molar-refractivity contribution in [3.05, 3.63) is 23.8 Å². The van der Waals surface area contributed by atoms with Gasteiger partial charge in [-0.2, -0.15) is 0 Å². The van der Waals surface area contributed by atoms with Crippen molar-refractivity contribution in [2.75, 3.05) is 18.9 Å². The molecule has 1 aromatic carbocycles. The lowest BCUT2D eigenvalue weighted by atomic mass is 10.1. The molecule has 0 heterocycles. The zero-order chi connectivity index (χ0) is 15.1. The first kappa shape index (κ1) is 15.8. The Morgan fingerprint density at radius 2 is 2.05 bits per heavy atom. The molecule has 0 aliphatic heterocycles. The fourth-order valence-electron chi connectivity index (χ4n) is 1.69. The molecule has 110 valence electrons. The van der Waals surface area contributed by atoms with E-state index in [1.165, 1.54) is 0 Å². The minimum atomic E-state index is -0.426. The van der Waals surface area contributed by atoms with Crippen LogP contribution in [0.1, 0.15) is 31.1 Å². The number of nitrogens with one attached hydrogen (secondary N) is 2. The molecule has 0 saturated heterocycles. The standard InChI is InChI=1S/C14H21N3O3/c1-4-20-11-7-5-6-10(15)13(11)14(19)16-8-12(18)17-9(2)3/h5-7,9H,4,8,15H2,1-3H3,(H,16,19)(H,17,18). The molecule has 2 amide bonds. The lowest BCUT2D eigenvalue weighted by Gasteiger charge is -2.13. The highest BCUT2D eigenvalue weighted by molar-refractivity contribution is 6.03. The van der Waals surface area contributed by atoms with Crippen molar-refractivity contribution in [1.82, 2.24) is 10.6 Å². The monoisotopic (exact) mass is 279 g/mol. The first-order chi connectivity index (χ1) is 9.45. The van der Waals surface area contributed by atoms with Gasteiger partial charge in [-0.3, -0.25) is 9.59 Å². The van der Waals surface area contributed by atoms with E-state index in [2.05, 4.69) is 10.6 Å². The summed E-state index contributed by atoms with van der Waals surface area (Å²) < 4.78 is 5.37. The number of benzene rings is 1. The summed E-state index contributed by atoms with van der Waals surface area (Å²) in [5, 5.41) is 5.22. The van der Waals surface area contributed by atoms with Gasteiger partial charge < -0.3 is 21.1 Å². The summed E-state index contributed by atoms with van der Waals surface area (Å²) in [7, 11) is 0. The maximum absolute atomic E-state index is 12.1. The van der Waals surface area contributed by atoms with Crippen molar-refractivity contribution in [1.29, 1.82) is 0 Å². The Balaban J connectivity index is 2.74. The molecule has 1 rings (SSSR count). The van der Waals surface area contributed by atoms with Crippen molar-refractivity contribution < 1.29 is 14.3 Å². The fraction of sp³-hybridized carbons (Fsp3) is 0.429. The van der Waals surface area contributed by atoms with E-state index in [0.717, 1.165) is 0 Å². The second-order valence-electron chi connectivity index (χ2n) is 4.56. The maximum atomic E-state index is 12.1. The Morgan fingerprint density at radius 1 is 1.35 bits per heavy atom. The first-order valence-corrected chi connectivity index (χ1v) is 6.54. The summed E-state index contributed by atoms with van der Waals surface area (Å²) in [5.74, 6) is -0.263. The number of nitrogen functional groups attached to an aromatic ring is 1.